The van der Waals surface area contributed by atoms with Crippen LogP contribution in [-0.2, 0) is 6.54 Å². The first kappa shape index (κ1) is 19.4. The van der Waals surface area contributed by atoms with Crippen LogP contribution in [0.25, 0.3) is 11.4 Å². The van der Waals surface area contributed by atoms with Gasteiger partial charge in [-0.25, -0.2) is 15.0 Å². The van der Waals surface area contributed by atoms with Crippen molar-refractivity contribution in [3.63, 3.8) is 0 Å². The quantitative estimate of drug-likeness (QED) is 0.662. The number of aromatic nitrogens is 4. The lowest BCUT2D eigenvalue weighted by molar-refractivity contribution is 0.0923. The van der Waals surface area contributed by atoms with Gasteiger partial charge in [-0.3, -0.25) is 14.2 Å². The van der Waals surface area contributed by atoms with Crippen LogP contribution < -0.4 is 15.6 Å². The number of carbonyl (C=O) groups excluding carboxylic acids is 1. The summed E-state index contributed by atoms with van der Waals surface area (Å²) in [6.07, 6.45) is 6.89. The average molecular weight is 417 g/mol. The van der Waals surface area contributed by atoms with Gasteiger partial charge in [0.05, 0.1) is 29.6 Å². The van der Waals surface area contributed by atoms with Crippen molar-refractivity contribution in [3.8, 4) is 17.1 Å². The fourth-order valence-corrected chi connectivity index (χ4v) is 3.82. The van der Waals surface area contributed by atoms with E-state index in [0.717, 1.165) is 6.42 Å². The van der Waals surface area contributed by atoms with Crippen molar-refractivity contribution in [2.24, 2.45) is 5.92 Å². The van der Waals surface area contributed by atoms with Crippen molar-refractivity contribution in [2.45, 2.75) is 38.3 Å². The fourth-order valence-electron chi connectivity index (χ4n) is 3.82. The number of nitrogens with one attached hydrogen (secondary N) is 1. The first-order valence-electron chi connectivity index (χ1n) is 10.6. The van der Waals surface area contributed by atoms with E-state index < -0.39 is 0 Å². The Morgan fingerprint density at radius 2 is 2.03 bits per heavy atom. The minimum atomic E-state index is -0.368. The van der Waals surface area contributed by atoms with Gasteiger partial charge in [0.25, 0.3) is 11.5 Å². The van der Waals surface area contributed by atoms with E-state index in [1.54, 1.807) is 22.9 Å². The Morgan fingerprint density at radius 3 is 2.84 bits per heavy atom. The summed E-state index contributed by atoms with van der Waals surface area (Å²) in [6, 6.07) is 10.1. The molecule has 1 aliphatic heterocycles. The van der Waals surface area contributed by atoms with E-state index in [1.165, 1.54) is 25.2 Å². The van der Waals surface area contributed by atoms with E-state index in [2.05, 4.69) is 20.3 Å². The third-order valence-electron chi connectivity index (χ3n) is 5.68. The first-order chi connectivity index (χ1) is 15.2. The van der Waals surface area contributed by atoms with Crippen molar-refractivity contribution in [1.82, 2.24) is 24.8 Å². The number of benzene rings is 1. The second kappa shape index (κ2) is 8.29. The normalized spacial score (nSPS) is 17.6. The number of carbonyl (C=O) groups is 1. The summed E-state index contributed by atoms with van der Waals surface area (Å²) in [5.41, 5.74) is 1.40. The Hall–Kier alpha value is -3.55. The van der Waals surface area contributed by atoms with Crippen LogP contribution in [0.1, 0.15) is 47.9 Å². The molecule has 1 aromatic carbocycles. The molecule has 31 heavy (non-hydrogen) atoms. The van der Waals surface area contributed by atoms with E-state index in [1.807, 2.05) is 18.2 Å². The molecule has 8 nitrogen and oxygen atoms in total. The molecule has 158 valence electrons. The lowest BCUT2D eigenvalue weighted by Crippen LogP contribution is -2.38. The molecule has 8 heteroatoms. The van der Waals surface area contributed by atoms with Crippen LogP contribution in [0, 0.1) is 5.92 Å². The fraction of sp³-hybridized carbons (Fsp3) is 0.348. The molecule has 1 N–H and O–H groups in total. The van der Waals surface area contributed by atoms with Crippen LogP contribution in [-0.4, -0.2) is 32.0 Å². The molecule has 2 aromatic heterocycles. The maximum Gasteiger partial charge on any atom is 0.255 e. The number of ether oxygens (including phenoxy) is 1. The van der Waals surface area contributed by atoms with E-state index in [4.69, 9.17) is 4.74 Å². The predicted octanol–water partition coefficient (Wildman–Crippen LogP) is 2.75. The highest BCUT2D eigenvalue weighted by molar-refractivity contribution is 5.97. The number of hydrogen-bond acceptors (Lipinski definition) is 6. The first-order valence-corrected chi connectivity index (χ1v) is 10.6. The van der Waals surface area contributed by atoms with Gasteiger partial charge in [-0.1, -0.05) is 12.1 Å². The summed E-state index contributed by atoms with van der Waals surface area (Å²) in [6.45, 7) is 1.22. The Morgan fingerprint density at radius 1 is 1.16 bits per heavy atom. The highest BCUT2D eigenvalue weighted by atomic mass is 16.5. The monoisotopic (exact) mass is 417 g/mol. The minimum Gasteiger partial charge on any atom is -0.492 e. The van der Waals surface area contributed by atoms with Crippen LogP contribution in [0.4, 0.5) is 0 Å². The van der Waals surface area contributed by atoms with Crippen molar-refractivity contribution in [3.05, 3.63) is 70.7 Å². The number of hydrogen-bond donors (Lipinski definition) is 1. The highest BCUT2D eigenvalue weighted by Crippen LogP contribution is 2.31. The van der Waals surface area contributed by atoms with Gasteiger partial charge in [-0.15, -0.1) is 0 Å². The van der Waals surface area contributed by atoms with Gasteiger partial charge < -0.3 is 10.1 Å². The van der Waals surface area contributed by atoms with Crippen molar-refractivity contribution < 1.29 is 9.53 Å². The molecule has 1 fully saturated rings. The molecule has 0 saturated heterocycles. The van der Waals surface area contributed by atoms with Gasteiger partial charge in [0, 0.05) is 18.8 Å². The van der Waals surface area contributed by atoms with Crippen molar-refractivity contribution >= 4 is 5.91 Å². The van der Waals surface area contributed by atoms with Gasteiger partial charge >= 0.3 is 0 Å². The van der Waals surface area contributed by atoms with E-state index in [9.17, 15) is 9.59 Å². The number of rotatable bonds is 6. The zero-order valence-corrected chi connectivity index (χ0v) is 17.0. The third kappa shape index (κ3) is 4.19. The zero-order valence-electron chi connectivity index (χ0n) is 17.0. The molecule has 1 atom stereocenters. The molecule has 0 radical (unpaired) electrons. The largest absolute Gasteiger partial charge is 0.492 e. The summed E-state index contributed by atoms with van der Waals surface area (Å²) < 4.78 is 7.52. The molecule has 1 unspecified atom stereocenters. The lowest BCUT2D eigenvalue weighted by atomic mass is 10.0. The van der Waals surface area contributed by atoms with Crippen LogP contribution in [0.5, 0.6) is 5.75 Å². The standard InChI is InChI=1S/C23H23N5O3/c29-21-12-19(17-9-10-24-14-25-17)26-22-18(5-3-11-28(21)22)27-23(30)16-4-1-2-6-20(16)31-13-15-7-8-15/h1-2,4,6,9-10,12,14-15,18H,3,5,7-8,11,13H2,(H,27,30). The Balaban J connectivity index is 1.42. The topological polar surface area (TPSA) is 99.0 Å². The number of nitrogens with zero attached hydrogens (tertiary/aromatic N) is 4. The molecule has 1 aliphatic carbocycles. The zero-order chi connectivity index (χ0) is 21.2. The van der Waals surface area contributed by atoms with Crippen LogP contribution in [0.15, 0.2) is 53.7 Å². The molecule has 0 spiro atoms. The van der Waals surface area contributed by atoms with Gasteiger partial charge in [0.1, 0.15) is 17.9 Å². The maximum atomic E-state index is 13.1. The van der Waals surface area contributed by atoms with E-state index in [-0.39, 0.29) is 17.5 Å². The Kier molecular flexibility index (Phi) is 5.19. The molecule has 2 aliphatic rings. The summed E-state index contributed by atoms with van der Waals surface area (Å²) in [4.78, 5) is 38.6. The number of para-hydroxylation sites is 1. The minimum absolute atomic E-state index is 0.147. The van der Waals surface area contributed by atoms with E-state index in [0.29, 0.717) is 54.0 Å². The molecular formula is C23H23N5O3. The van der Waals surface area contributed by atoms with Crippen LogP contribution >= 0.6 is 0 Å². The van der Waals surface area contributed by atoms with Crippen LogP contribution in [0.2, 0.25) is 0 Å². The summed E-state index contributed by atoms with van der Waals surface area (Å²) in [5, 5.41) is 3.07. The SMILES string of the molecule is O=C(NC1CCCn2c1nc(-c1ccncn1)cc2=O)c1ccccc1OCC1CC1. The molecule has 1 amide bonds. The van der Waals surface area contributed by atoms with Crippen molar-refractivity contribution in [1.29, 1.82) is 0 Å². The Bertz CT molecular complexity index is 1160. The predicted molar refractivity (Wildman–Crippen MR) is 114 cm³/mol. The third-order valence-corrected chi connectivity index (χ3v) is 5.68. The highest BCUT2D eigenvalue weighted by Gasteiger charge is 2.27. The lowest BCUT2D eigenvalue weighted by Gasteiger charge is -2.27. The van der Waals surface area contributed by atoms with Gasteiger partial charge in [0.2, 0.25) is 0 Å². The molecule has 1 saturated carbocycles. The van der Waals surface area contributed by atoms with Crippen LogP contribution in [0.3, 0.4) is 0 Å². The molecule has 3 heterocycles. The number of fused-ring (bicyclic) bond motifs is 1. The second-order valence-electron chi connectivity index (χ2n) is 8.00. The van der Waals surface area contributed by atoms with Gasteiger partial charge in [0.15, 0.2) is 0 Å². The molecular weight excluding hydrogens is 394 g/mol. The second-order valence-corrected chi connectivity index (χ2v) is 8.00. The summed E-state index contributed by atoms with van der Waals surface area (Å²) in [5.74, 6) is 1.50. The van der Waals surface area contributed by atoms with Gasteiger partial charge in [-0.05, 0) is 49.8 Å². The van der Waals surface area contributed by atoms with E-state index >= 15 is 0 Å². The van der Waals surface area contributed by atoms with Gasteiger partial charge in [-0.2, -0.15) is 0 Å². The Labute approximate surface area is 179 Å². The molecule has 3 aromatic rings. The van der Waals surface area contributed by atoms with Crippen molar-refractivity contribution in [2.75, 3.05) is 6.61 Å². The average Bonchev–Trinajstić information content (AvgIpc) is 3.63. The molecule has 0 bridgehead atoms. The summed E-state index contributed by atoms with van der Waals surface area (Å²) >= 11 is 0. The summed E-state index contributed by atoms with van der Waals surface area (Å²) in [7, 11) is 0. The maximum absolute atomic E-state index is 13.1. The molecule has 5 rings (SSSR count). The number of amides is 1. The smallest absolute Gasteiger partial charge is 0.255 e.